The van der Waals surface area contributed by atoms with Crippen molar-refractivity contribution in [1.29, 1.82) is 0 Å². The summed E-state index contributed by atoms with van der Waals surface area (Å²) in [7, 11) is 1.66. The Morgan fingerprint density at radius 1 is 1.00 bits per heavy atom. The van der Waals surface area contributed by atoms with Crippen LogP contribution in [-0.2, 0) is 0 Å². The lowest BCUT2D eigenvalue weighted by atomic mass is 10.1. The molecule has 0 heterocycles. The Balaban J connectivity index is 1.53. The van der Waals surface area contributed by atoms with Crippen molar-refractivity contribution in [3.8, 4) is 11.5 Å². The summed E-state index contributed by atoms with van der Waals surface area (Å²) >= 11 is 0. The van der Waals surface area contributed by atoms with E-state index >= 15 is 0 Å². The Kier molecular flexibility index (Phi) is 6.10. The summed E-state index contributed by atoms with van der Waals surface area (Å²) in [5.41, 5.74) is 1.12. The van der Waals surface area contributed by atoms with Crippen molar-refractivity contribution < 1.29 is 14.6 Å². The van der Waals surface area contributed by atoms with E-state index in [2.05, 4.69) is 24.4 Å². The molecule has 0 aliphatic carbocycles. The highest BCUT2D eigenvalue weighted by molar-refractivity contribution is 5.88. The van der Waals surface area contributed by atoms with Gasteiger partial charge in [0.1, 0.15) is 24.2 Å². The molecule has 3 aromatic rings. The number of ether oxygens (including phenoxy) is 2. The zero-order valence-electron chi connectivity index (χ0n) is 15.2. The third kappa shape index (κ3) is 4.54. The Hall–Kier alpha value is -2.56. The van der Waals surface area contributed by atoms with Crippen LogP contribution in [0.3, 0.4) is 0 Å². The lowest BCUT2D eigenvalue weighted by Crippen LogP contribution is -2.33. The van der Waals surface area contributed by atoms with Crippen molar-refractivity contribution in [2.75, 3.05) is 20.3 Å². The van der Waals surface area contributed by atoms with Crippen molar-refractivity contribution in [3.63, 3.8) is 0 Å². The lowest BCUT2D eigenvalue weighted by molar-refractivity contribution is 0.105. The maximum Gasteiger partial charge on any atom is 0.127 e. The molecule has 3 aromatic carbocycles. The summed E-state index contributed by atoms with van der Waals surface area (Å²) in [4.78, 5) is 0. The van der Waals surface area contributed by atoms with Gasteiger partial charge in [-0.3, -0.25) is 0 Å². The fourth-order valence-corrected chi connectivity index (χ4v) is 2.91. The first kappa shape index (κ1) is 18.2. The molecule has 136 valence electrons. The van der Waals surface area contributed by atoms with Gasteiger partial charge in [0.05, 0.1) is 7.11 Å². The number of aliphatic hydroxyl groups is 1. The fourth-order valence-electron chi connectivity index (χ4n) is 2.91. The van der Waals surface area contributed by atoms with Gasteiger partial charge < -0.3 is 19.9 Å². The van der Waals surface area contributed by atoms with Crippen LogP contribution >= 0.6 is 0 Å². The monoisotopic (exact) mass is 351 g/mol. The minimum absolute atomic E-state index is 0.109. The zero-order valence-corrected chi connectivity index (χ0v) is 15.2. The first-order valence-corrected chi connectivity index (χ1v) is 8.83. The fraction of sp³-hybridized carbons (Fsp3) is 0.273. The van der Waals surface area contributed by atoms with Crippen LogP contribution in [0.4, 0.5) is 0 Å². The first-order chi connectivity index (χ1) is 12.7. The number of benzene rings is 3. The quantitative estimate of drug-likeness (QED) is 0.645. The summed E-state index contributed by atoms with van der Waals surface area (Å²) in [5.74, 6) is 1.62. The van der Waals surface area contributed by atoms with Gasteiger partial charge in [-0.15, -0.1) is 0 Å². The molecule has 0 spiro atoms. The van der Waals surface area contributed by atoms with E-state index in [-0.39, 0.29) is 12.6 Å². The van der Waals surface area contributed by atoms with Crippen LogP contribution in [0.15, 0.2) is 66.7 Å². The molecule has 0 saturated carbocycles. The van der Waals surface area contributed by atoms with Gasteiger partial charge in [-0.25, -0.2) is 0 Å². The average molecular weight is 351 g/mol. The molecule has 26 heavy (non-hydrogen) atoms. The number of hydrogen-bond donors (Lipinski definition) is 2. The molecular weight excluding hydrogens is 326 g/mol. The average Bonchev–Trinajstić information content (AvgIpc) is 2.70. The molecule has 0 bridgehead atoms. The molecule has 1 unspecified atom stereocenters. The van der Waals surface area contributed by atoms with Crippen molar-refractivity contribution in [2.24, 2.45) is 0 Å². The SMILES string of the molecule is COc1cccc([C@@H](C)NCC(O)COc2cccc3ccccc23)c1. The first-order valence-electron chi connectivity index (χ1n) is 8.83. The molecule has 4 heteroatoms. The van der Waals surface area contributed by atoms with E-state index in [4.69, 9.17) is 9.47 Å². The van der Waals surface area contributed by atoms with Crippen LogP contribution in [0.1, 0.15) is 18.5 Å². The summed E-state index contributed by atoms with van der Waals surface area (Å²) in [5, 5.41) is 15.8. The Morgan fingerprint density at radius 2 is 1.77 bits per heavy atom. The molecule has 0 radical (unpaired) electrons. The third-order valence-corrected chi connectivity index (χ3v) is 4.43. The molecule has 0 aliphatic heterocycles. The third-order valence-electron chi connectivity index (χ3n) is 4.43. The largest absolute Gasteiger partial charge is 0.497 e. The second-order valence-corrected chi connectivity index (χ2v) is 6.35. The highest BCUT2D eigenvalue weighted by atomic mass is 16.5. The number of aliphatic hydroxyl groups excluding tert-OH is 1. The topological polar surface area (TPSA) is 50.7 Å². The van der Waals surface area contributed by atoms with E-state index in [1.54, 1.807) is 7.11 Å². The second-order valence-electron chi connectivity index (χ2n) is 6.35. The molecule has 2 atom stereocenters. The van der Waals surface area contributed by atoms with Crippen LogP contribution < -0.4 is 14.8 Å². The number of hydrogen-bond acceptors (Lipinski definition) is 4. The summed E-state index contributed by atoms with van der Waals surface area (Å²) in [6.45, 7) is 2.75. The van der Waals surface area contributed by atoms with Gasteiger partial charge in [0, 0.05) is 18.0 Å². The highest BCUT2D eigenvalue weighted by Gasteiger charge is 2.11. The molecule has 0 fully saturated rings. The molecular formula is C22H25NO3. The van der Waals surface area contributed by atoms with E-state index in [0.717, 1.165) is 27.8 Å². The van der Waals surface area contributed by atoms with Crippen molar-refractivity contribution >= 4 is 10.8 Å². The Labute approximate surface area is 154 Å². The molecule has 0 saturated heterocycles. The van der Waals surface area contributed by atoms with Gasteiger partial charge in [0.15, 0.2) is 0 Å². The number of nitrogens with one attached hydrogen (secondary N) is 1. The maximum absolute atomic E-state index is 10.3. The number of rotatable bonds is 8. The van der Waals surface area contributed by atoms with E-state index in [9.17, 15) is 5.11 Å². The van der Waals surface area contributed by atoms with Gasteiger partial charge in [-0.1, -0.05) is 48.5 Å². The summed E-state index contributed by atoms with van der Waals surface area (Å²) in [6, 6.07) is 22.1. The van der Waals surface area contributed by atoms with Crippen molar-refractivity contribution in [2.45, 2.75) is 19.1 Å². The number of methoxy groups -OCH3 is 1. The van der Waals surface area contributed by atoms with Crippen LogP contribution in [0, 0.1) is 0 Å². The molecule has 0 aliphatic rings. The van der Waals surface area contributed by atoms with Gasteiger partial charge in [-0.05, 0) is 36.1 Å². The van der Waals surface area contributed by atoms with Gasteiger partial charge in [-0.2, -0.15) is 0 Å². The van der Waals surface area contributed by atoms with Gasteiger partial charge >= 0.3 is 0 Å². The maximum atomic E-state index is 10.3. The van der Waals surface area contributed by atoms with E-state index in [1.165, 1.54) is 0 Å². The van der Waals surface area contributed by atoms with E-state index in [1.807, 2.05) is 54.6 Å². The van der Waals surface area contributed by atoms with Crippen molar-refractivity contribution in [1.82, 2.24) is 5.32 Å². The zero-order chi connectivity index (χ0) is 18.4. The van der Waals surface area contributed by atoms with Gasteiger partial charge in [0.25, 0.3) is 0 Å². The van der Waals surface area contributed by atoms with Crippen LogP contribution in [0.2, 0.25) is 0 Å². The summed E-state index contributed by atoms with van der Waals surface area (Å²) in [6.07, 6.45) is -0.595. The molecule has 4 nitrogen and oxygen atoms in total. The van der Waals surface area contributed by atoms with Crippen LogP contribution in [0.25, 0.3) is 10.8 Å². The predicted octanol–water partition coefficient (Wildman–Crippen LogP) is 3.94. The lowest BCUT2D eigenvalue weighted by Gasteiger charge is -2.19. The van der Waals surface area contributed by atoms with Crippen molar-refractivity contribution in [3.05, 3.63) is 72.3 Å². The molecule has 2 N–H and O–H groups in total. The minimum Gasteiger partial charge on any atom is -0.497 e. The molecule has 3 rings (SSSR count). The van der Waals surface area contributed by atoms with E-state index in [0.29, 0.717) is 6.54 Å². The minimum atomic E-state index is -0.595. The second kappa shape index (κ2) is 8.70. The molecule has 0 aromatic heterocycles. The summed E-state index contributed by atoms with van der Waals surface area (Å²) < 4.78 is 11.1. The smallest absolute Gasteiger partial charge is 0.127 e. The van der Waals surface area contributed by atoms with Crippen LogP contribution in [0.5, 0.6) is 11.5 Å². The van der Waals surface area contributed by atoms with Crippen LogP contribution in [-0.4, -0.2) is 31.5 Å². The highest BCUT2D eigenvalue weighted by Crippen LogP contribution is 2.25. The van der Waals surface area contributed by atoms with Gasteiger partial charge in [0.2, 0.25) is 0 Å². The Morgan fingerprint density at radius 3 is 2.62 bits per heavy atom. The normalized spacial score (nSPS) is 13.3. The number of fused-ring (bicyclic) bond motifs is 1. The predicted molar refractivity (Wildman–Crippen MR) is 105 cm³/mol. The Bertz CT molecular complexity index is 844. The standard InChI is InChI=1S/C22H25NO3/c1-16(18-9-5-10-20(13-18)25-2)23-14-19(24)15-26-22-12-6-8-17-7-3-4-11-21(17)22/h3-13,16,19,23-24H,14-15H2,1-2H3/t16-,19?/m1/s1. The van der Waals surface area contributed by atoms with E-state index < -0.39 is 6.10 Å². The molecule has 0 amide bonds.